The average Bonchev–Trinajstić information content (AvgIpc) is 2.03. The molecule has 4 nitrogen and oxygen atoms in total. The van der Waals surface area contributed by atoms with Crippen LogP contribution in [0.15, 0.2) is 11.2 Å². The molecule has 1 aromatic rings. The monoisotopic (exact) mass is 217 g/mol. The number of nitrogens with two attached hydrogens (primary N) is 1. The van der Waals surface area contributed by atoms with Crippen LogP contribution in [0.4, 0.5) is 5.69 Å². The maximum absolute atomic E-state index is 5.67. The number of nitrogens with zero attached hydrogens (tertiary/aromatic N) is 2. The summed E-state index contributed by atoms with van der Waals surface area (Å²) < 4.78 is 5.04. The second-order valence-electron chi connectivity index (χ2n) is 2.68. The third kappa shape index (κ3) is 2.04. The van der Waals surface area contributed by atoms with Gasteiger partial charge in [-0.15, -0.1) is 0 Å². The van der Waals surface area contributed by atoms with E-state index in [1.54, 1.807) is 11.8 Å². The van der Waals surface area contributed by atoms with E-state index in [9.17, 15) is 0 Å². The molecule has 0 radical (unpaired) electrons. The second-order valence-corrected chi connectivity index (χ2v) is 4.30. The maximum atomic E-state index is 5.67. The molecule has 70 valence electrons. The molecule has 13 heavy (non-hydrogen) atoms. The fourth-order valence-electron chi connectivity index (χ4n) is 0.890. The fraction of sp³-hybridized carbons (Fsp3) is 0.429. The van der Waals surface area contributed by atoms with Gasteiger partial charge in [0.2, 0.25) is 5.28 Å². The Balaban J connectivity index is 2.13. The number of thioether (sulfide) groups is 1. The van der Waals surface area contributed by atoms with E-state index in [4.69, 9.17) is 22.1 Å². The Morgan fingerprint density at radius 3 is 3.00 bits per heavy atom. The molecule has 1 aromatic heterocycles. The van der Waals surface area contributed by atoms with E-state index >= 15 is 0 Å². The lowest BCUT2D eigenvalue weighted by Gasteiger charge is -2.24. The normalized spacial score (nSPS) is 17.0. The molecule has 0 saturated carbocycles. The molecule has 2 heterocycles. The Morgan fingerprint density at radius 2 is 2.38 bits per heavy atom. The summed E-state index contributed by atoms with van der Waals surface area (Å²) >= 11 is 7.22. The third-order valence-electron chi connectivity index (χ3n) is 1.64. The van der Waals surface area contributed by atoms with E-state index in [-0.39, 0.29) is 5.28 Å². The van der Waals surface area contributed by atoms with E-state index in [1.165, 1.54) is 6.20 Å². The molecule has 0 amide bonds. The molecule has 0 aromatic carbocycles. The predicted octanol–water partition coefficient (Wildman–Crippen LogP) is 1.20. The van der Waals surface area contributed by atoms with Crippen LogP contribution in [0, 0.1) is 0 Å². The van der Waals surface area contributed by atoms with Crippen molar-refractivity contribution in [2.45, 2.75) is 10.3 Å². The second kappa shape index (κ2) is 3.69. The van der Waals surface area contributed by atoms with E-state index in [1.807, 2.05) is 0 Å². The zero-order chi connectivity index (χ0) is 9.26. The van der Waals surface area contributed by atoms with Crippen molar-refractivity contribution in [2.24, 2.45) is 0 Å². The molecule has 1 saturated heterocycles. The van der Waals surface area contributed by atoms with Crippen LogP contribution < -0.4 is 5.73 Å². The van der Waals surface area contributed by atoms with Gasteiger partial charge in [0.05, 0.1) is 30.3 Å². The van der Waals surface area contributed by atoms with Crippen molar-refractivity contribution in [2.75, 3.05) is 18.9 Å². The first kappa shape index (κ1) is 9.05. The van der Waals surface area contributed by atoms with Crippen molar-refractivity contribution < 1.29 is 4.74 Å². The first-order chi connectivity index (χ1) is 6.25. The molecule has 1 aliphatic heterocycles. The van der Waals surface area contributed by atoms with Gasteiger partial charge in [-0.1, -0.05) is 11.8 Å². The minimum absolute atomic E-state index is 0.233. The lowest BCUT2D eigenvalue weighted by Crippen LogP contribution is -2.30. The molecule has 1 fully saturated rings. The van der Waals surface area contributed by atoms with Gasteiger partial charge in [-0.3, -0.25) is 0 Å². The summed E-state index contributed by atoms with van der Waals surface area (Å²) in [4.78, 5) is 7.81. The minimum atomic E-state index is 0.233. The minimum Gasteiger partial charge on any atom is -0.395 e. The van der Waals surface area contributed by atoms with Gasteiger partial charge >= 0.3 is 0 Å². The van der Waals surface area contributed by atoms with Crippen molar-refractivity contribution in [3.05, 3.63) is 11.5 Å². The largest absolute Gasteiger partial charge is 0.395 e. The number of rotatable bonds is 2. The summed E-state index contributed by atoms with van der Waals surface area (Å²) in [6.45, 7) is 1.51. The number of ether oxygens (including phenoxy) is 1. The molecular weight excluding hydrogens is 210 g/mol. The van der Waals surface area contributed by atoms with Gasteiger partial charge in [0.15, 0.2) is 0 Å². The summed E-state index contributed by atoms with van der Waals surface area (Å²) in [5, 5.41) is 1.43. The lowest BCUT2D eigenvalue weighted by atomic mass is 10.4. The van der Waals surface area contributed by atoms with Gasteiger partial charge in [0, 0.05) is 0 Å². The molecule has 0 bridgehead atoms. The summed E-state index contributed by atoms with van der Waals surface area (Å²) in [6, 6.07) is 0. The predicted molar refractivity (Wildman–Crippen MR) is 51.9 cm³/mol. The average molecular weight is 218 g/mol. The van der Waals surface area contributed by atoms with Gasteiger partial charge in [-0.2, -0.15) is 0 Å². The fourth-order valence-corrected chi connectivity index (χ4v) is 2.05. The van der Waals surface area contributed by atoms with Gasteiger partial charge in [-0.05, 0) is 11.6 Å². The lowest BCUT2D eigenvalue weighted by molar-refractivity contribution is 0.0455. The van der Waals surface area contributed by atoms with Crippen LogP contribution in [0.25, 0.3) is 0 Å². The molecule has 2 rings (SSSR count). The van der Waals surface area contributed by atoms with Crippen LogP contribution in [-0.2, 0) is 4.74 Å². The molecule has 2 N–H and O–H groups in total. The van der Waals surface area contributed by atoms with Crippen LogP contribution in [0.1, 0.15) is 0 Å². The highest BCUT2D eigenvalue weighted by Crippen LogP contribution is 2.30. The zero-order valence-electron chi connectivity index (χ0n) is 6.74. The van der Waals surface area contributed by atoms with Crippen molar-refractivity contribution in [1.82, 2.24) is 9.97 Å². The smallest absolute Gasteiger partial charge is 0.223 e. The van der Waals surface area contributed by atoms with Crippen LogP contribution >= 0.6 is 23.4 Å². The van der Waals surface area contributed by atoms with E-state index in [2.05, 4.69) is 9.97 Å². The number of anilines is 1. The molecular formula is C7H8ClN3OS. The van der Waals surface area contributed by atoms with Crippen molar-refractivity contribution >= 4 is 29.1 Å². The summed E-state index contributed by atoms with van der Waals surface area (Å²) in [6.07, 6.45) is 1.52. The highest BCUT2D eigenvalue weighted by Gasteiger charge is 2.21. The molecule has 0 atom stereocenters. The Labute approximate surface area is 84.8 Å². The number of hydrogen-bond donors (Lipinski definition) is 1. The standard InChI is InChI=1S/C7H8ClN3OS/c8-7-10-1-5(9)6(11-7)13-4-2-12-3-4/h1,4H,2-3,9H2. The quantitative estimate of drug-likeness (QED) is 0.596. The van der Waals surface area contributed by atoms with Gasteiger partial charge in [0.25, 0.3) is 0 Å². The van der Waals surface area contributed by atoms with Crippen LogP contribution in [0.3, 0.4) is 0 Å². The summed E-state index contributed by atoms with van der Waals surface area (Å²) in [5.74, 6) is 0. The van der Waals surface area contributed by atoms with Crippen molar-refractivity contribution in [1.29, 1.82) is 0 Å². The molecule has 0 aliphatic carbocycles. The van der Waals surface area contributed by atoms with Crippen molar-refractivity contribution in [3.8, 4) is 0 Å². The van der Waals surface area contributed by atoms with E-state index in [0.29, 0.717) is 10.9 Å². The first-order valence-corrected chi connectivity index (χ1v) is 5.04. The highest BCUT2D eigenvalue weighted by molar-refractivity contribution is 8.00. The van der Waals surface area contributed by atoms with Crippen LogP contribution in [-0.4, -0.2) is 28.4 Å². The first-order valence-electron chi connectivity index (χ1n) is 3.78. The van der Waals surface area contributed by atoms with Gasteiger partial charge in [-0.25, -0.2) is 9.97 Å². The zero-order valence-corrected chi connectivity index (χ0v) is 8.31. The Kier molecular flexibility index (Phi) is 2.57. The number of nitrogen functional groups attached to an aromatic ring is 1. The Morgan fingerprint density at radius 1 is 1.62 bits per heavy atom. The molecule has 0 spiro atoms. The van der Waals surface area contributed by atoms with E-state index < -0.39 is 0 Å². The Hall–Kier alpha value is -0.520. The van der Waals surface area contributed by atoms with Crippen LogP contribution in [0.2, 0.25) is 5.28 Å². The number of halogens is 1. The maximum Gasteiger partial charge on any atom is 0.223 e. The summed E-state index contributed by atoms with van der Waals surface area (Å²) in [5.41, 5.74) is 6.24. The number of aromatic nitrogens is 2. The third-order valence-corrected chi connectivity index (χ3v) is 2.97. The topological polar surface area (TPSA) is 61.0 Å². The van der Waals surface area contributed by atoms with Crippen molar-refractivity contribution in [3.63, 3.8) is 0 Å². The molecule has 1 aliphatic rings. The highest BCUT2D eigenvalue weighted by atomic mass is 35.5. The SMILES string of the molecule is Nc1cnc(Cl)nc1SC1COC1. The molecule has 0 unspecified atom stereocenters. The van der Waals surface area contributed by atoms with E-state index in [0.717, 1.165) is 18.2 Å². The van der Waals surface area contributed by atoms with Crippen LogP contribution in [0.5, 0.6) is 0 Å². The number of hydrogen-bond acceptors (Lipinski definition) is 5. The van der Waals surface area contributed by atoms with Gasteiger partial charge < -0.3 is 10.5 Å². The van der Waals surface area contributed by atoms with Gasteiger partial charge in [0.1, 0.15) is 5.03 Å². The summed E-state index contributed by atoms with van der Waals surface area (Å²) in [7, 11) is 0. The molecule has 6 heteroatoms. The Bertz CT molecular complexity index is 319.